The van der Waals surface area contributed by atoms with Crippen LogP contribution in [0.1, 0.15) is 28.3 Å². The normalized spacial score (nSPS) is 12.2. The molecule has 0 radical (unpaired) electrons. The monoisotopic (exact) mass is 510 g/mol. The van der Waals surface area contributed by atoms with E-state index in [1.54, 1.807) is 54.9 Å². The summed E-state index contributed by atoms with van der Waals surface area (Å²) in [4.78, 5) is 29.3. The molecule has 1 aliphatic heterocycles. The fourth-order valence-corrected chi connectivity index (χ4v) is 3.51. The molecule has 0 saturated heterocycles. The largest absolute Gasteiger partial charge is 0.454 e. The van der Waals surface area contributed by atoms with Crippen molar-refractivity contribution in [3.05, 3.63) is 89.2 Å². The summed E-state index contributed by atoms with van der Waals surface area (Å²) in [5, 5.41) is 16.2. The molecule has 1 atom stereocenters. The highest BCUT2D eigenvalue weighted by Crippen LogP contribution is 2.34. The topological polar surface area (TPSA) is 151 Å². The van der Waals surface area contributed by atoms with Crippen LogP contribution >= 0.6 is 12.4 Å². The van der Waals surface area contributed by atoms with Crippen molar-refractivity contribution in [3.63, 3.8) is 0 Å². The van der Waals surface area contributed by atoms with Crippen molar-refractivity contribution in [1.29, 1.82) is 5.41 Å². The van der Waals surface area contributed by atoms with Crippen molar-refractivity contribution in [3.8, 4) is 11.5 Å². The molecule has 2 amide bonds. The highest BCUT2D eigenvalue weighted by Gasteiger charge is 2.24. The number of amides is 2. The Balaban J connectivity index is 0.00000361. The summed E-state index contributed by atoms with van der Waals surface area (Å²) < 4.78 is 10.8. The lowest BCUT2D eigenvalue weighted by atomic mass is 10.0. The summed E-state index contributed by atoms with van der Waals surface area (Å²) in [5.74, 6) is 0.498. The molecule has 188 valence electrons. The molecule has 10 nitrogen and oxygen atoms in total. The van der Waals surface area contributed by atoms with E-state index in [-0.39, 0.29) is 43.4 Å². The number of nitrogens with two attached hydrogens (primary N) is 1. The predicted octanol–water partition coefficient (Wildman–Crippen LogP) is 1.78. The van der Waals surface area contributed by atoms with Crippen LogP contribution in [0, 0.1) is 5.41 Å². The van der Waals surface area contributed by atoms with Gasteiger partial charge in [-0.2, -0.15) is 0 Å². The zero-order valence-corrected chi connectivity index (χ0v) is 20.1. The molecule has 4 rings (SSSR count). The summed E-state index contributed by atoms with van der Waals surface area (Å²) in [6.45, 7) is 0.680. The Hall–Kier alpha value is -4.15. The van der Waals surface area contributed by atoms with Gasteiger partial charge in [-0.3, -0.25) is 25.3 Å². The number of aromatic nitrogens is 1. The molecule has 1 aliphatic rings. The van der Waals surface area contributed by atoms with Crippen molar-refractivity contribution in [2.45, 2.75) is 19.1 Å². The van der Waals surface area contributed by atoms with Crippen LogP contribution in [0.25, 0.3) is 0 Å². The molecule has 2 heterocycles. The lowest BCUT2D eigenvalue weighted by Gasteiger charge is -2.19. The summed E-state index contributed by atoms with van der Waals surface area (Å²) in [7, 11) is 0. The molecule has 3 aromatic rings. The van der Waals surface area contributed by atoms with E-state index in [1.807, 2.05) is 12.1 Å². The van der Waals surface area contributed by atoms with Gasteiger partial charge in [-0.25, -0.2) is 0 Å². The van der Waals surface area contributed by atoms with Crippen LogP contribution < -0.4 is 31.2 Å². The Bertz CT molecular complexity index is 1210. The van der Waals surface area contributed by atoms with Crippen LogP contribution in [0.15, 0.2) is 67.0 Å². The lowest BCUT2D eigenvalue weighted by molar-refractivity contribution is -0.127. The number of nitrogens with one attached hydrogen (secondary N) is 4. The van der Waals surface area contributed by atoms with Crippen LogP contribution in [-0.4, -0.2) is 36.0 Å². The Morgan fingerprint density at radius 3 is 2.36 bits per heavy atom. The number of halogens is 1. The fraction of sp³-hybridized carbons (Fsp3) is 0.200. The minimum atomic E-state index is -0.745. The van der Waals surface area contributed by atoms with E-state index in [1.165, 1.54) is 0 Å². The van der Waals surface area contributed by atoms with Gasteiger partial charge < -0.3 is 25.8 Å². The van der Waals surface area contributed by atoms with Gasteiger partial charge in [0.25, 0.3) is 0 Å². The van der Waals surface area contributed by atoms with Crippen molar-refractivity contribution in [1.82, 2.24) is 20.9 Å². The number of hydrogen-bond acceptors (Lipinski definition) is 7. The summed E-state index contributed by atoms with van der Waals surface area (Å²) >= 11 is 0. The summed E-state index contributed by atoms with van der Waals surface area (Å²) in [6.07, 6.45) is 3.30. The van der Waals surface area contributed by atoms with Gasteiger partial charge in [0.05, 0.1) is 6.54 Å². The van der Waals surface area contributed by atoms with E-state index in [2.05, 4.69) is 20.9 Å². The maximum atomic E-state index is 13.1. The van der Waals surface area contributed by atoms with Crippen molar-refractivity contribution in [2.75, 3.05) is 13.3 Å². The van der Waals surface area contributed by atoms with Gasteiger partial charge in [0, 0.05) is 31.0 Å². The second-order valence-corrected chi connectivity index (χ2v) is 7.89. The summed E-state index contributed by atoms with van der Waals surface area (Å²) in [6, 6.07) is 15.3. The molecule has 11 heteroatoms. The second kappa shape index (κ2) is 12.5. The number of amidine groups is 1. The Labute approximate surface area is 214 Å². The molecule has 1 unspecified atom stereocenters. The zero-order valence-electron chi connectivity index (χ0n) is 19.3. The molecule has 1 aromatic heterocycles. The van der Waals surface area contributed by atoms with Gasteiger partial charge in [-0.05, 0) is 41.0 Å². The van der Waals surface area contributed by atoms with Gasteiger partial charge in [-0.15, -0.1) is 12.4 Å². The minimum absolute atomic E-state index is 0. The van der Waals surface area contributed by atoms with Crippen LogP contribution in [0.2, 0.25) is 0 Å². The van der Waals surface area contributed by atoms with E-state index >= 15 is 0 Å². The van der Waals surface area contributed by atoms with Crippen LogP contribution in [-0.2, 0) is 22.7 Å². The van der Waals surface area contributed by atoms with Crippen LogP contribution in [0.3, 0.4) is 0 Å². The van der Waals surface area contributed by atoms with E-state index in [4.69, 9.17) is 20.6 Å². The van der Waals surface area contributed by atoms with Crippen molar-refractivity contribution >= 4 is 30.1 Å². The van der Waals surface area contributed by atoms with Crippen molar-refractivity contribution < 1.29 is 19.1 Å². The first kappa shape index (κ1) is 26.5. The first-order valence-corrected chi connectivity index (χ1v) is 11.0. The van der Waals surface area contributed by atoms with Gasteiger partial charge in [0.15, 0.2) is 11.5 Å². The van der Waals surface area contributed by atoms with Gasteiger partial charge in [0.2, 0.25) is 18.6 Å². The number of nitrogens with zero attached hydrogens (tertiary/aromatic N) is 1. The summed E-state index contributed by atoms with van der Waals surface area (Å²) in [5.41, 5.74) is 8.63. The molecule has 0 saturated carbocycles. The van der Waals surface area contributed by atoms with Gasteiger partial charge >= 0.3 is 0 Å². The maximum Gasteiger partial charge on any atom is 0.242 e. The highest BCUT2D eigenvalue weighted by molar-refractivity contribution is 5.94. The molecular weight excluding hydrogens is 484 g/mol. The predicted molar refractivity (Wildman–Crippen MR) is 136 cm³/mol. The van der Waals surface area contributed by atoms with Crippen LogP contribution in [0.4, 0.5) is 0 Å². The second-order valence-electron chi connectivity index (χ2n) is 7.89. The van der Waals surface area contributed by atoms with Crippen LogP contribution in [0.5, 0.6) is 11.5 Å². The molecule has 2 aromatic carbocycles. The van der Waals surface area contributed by atoms with E-state index in [0.717, 1.165) is 11.1 Å². The molecule has 0 spiro atoms. The standard InChI is InChI=1S/C25H26N6O4.ClH/c26-24(27)18-3-1-16(2-4-18)13-30-23(19-5-6-20-21(11-19)35-15-34-20)25(33)31-14-22(32)29-12-17-7-9-28-10-8-17;/h1-11,23,30H,12-15H2,(H3,26,27)(H,29,32)(H,31,33);1H. The zero-order chi connectivity index (χ0) is 24.6. The first-order valence-electron chi connectivity index (χ1n) is 11.0. The third-order valence-electron chi connectivity index (χ3n) is 5.43. The molecule has 0 fully saturated rings. The Kier molecular flexibility index (Phi) is 9.20. The quantitative estimate of drug-likeness (QED) is 0.206. The average Bonchev–Trinajstić information content (AvgIpc) is 3.35. The first-order chi connectivity index (χ1) is 17.0. The number of benzene rings is 2. The number of rotatable bonds is 10. The number of carbonyl (C=O) groups excluding carboxylic acids is 2. The number of hydrogen-bond donors (Lipinski definition) is 5. The lowest BCUT2D eigenvalue weighted by Crippen LogP contribution is -2.42. The van der Waals surface area contributed by atoms with E-state index < -0.39 is 6.04 Å². The average molecular weight is 511 g/mol. The van der Waals surface area contributed by atoms with E-state index in [9.17, 15) is 9.59 Å². The fourth-order valence-electron chi connectivity index (χ4n) is 3.51. The third kappa shape index (κ3) is 6.94. The highest BCUT2D eigenvalue weighted by atomic mass is 35.5. The number of ether oxygens (including phenoxy) is 2. The molecule has 0 aliphatic carbocycles. The third-order valence-corrected chi connectivity index (χ3v) is 5.43. The van der Waals surface area contributed by atoms with Gasteiger partial charge in [-0.1, -0.05) is 30.3 Å². The maximum absolute atomic E-state index is 13.1. The van der Waals surface area contributed by atoms with Crippen molar-refractivity contribution in [2.24, 2.45) is 5.73 Å². The minimum Gasteiger partial charge on any atom is -0.454 e. The van der Waals surface area contributed by atoms with Gasteiger partial charge in [0.1, 0.15) is 11.9 Å². The molecule has 6 N–H and O–H groups in total. The molecule has 0 bridgehead atoms. The number of pyridine rings is 1. The molecule has 36 heavy (non-hydrogen) atoms. The SMILES string of the molecule is Cl.N=C(N)c1ccc(CNC(C(=O)NCC(=O)NCc2ccncc2)c2ccc3c(c2)OCO3)cc1. The molecular formula is C25H27ClN6O4. The number of nitrogen functional groups attached to an aromatic ring is 1. The smallest absolute Gasteiger partial charge is 0.242 e. The Morgan fingerprint density at radius 1 is 0.944 bits per heavy atom. The van der Waals surface area contributed by atoms with E-state index in [0.29, 0.717) is 35.7 Å². The Morgan fingerprint density at radius 2 is 1.64 bits per heavy atom. The number of fused-ring (bicyclic) bond motifs is 1. The number of carbonyl (C=O) groups is 2.